The number of benzene rings is 1. The standard InChI is InChI=1S/C18H25N3/c1-14-8-6-10-16(12-14)21(5)17-11-7-9-15(20-17)13-19-18(2,3)4/h6-12,19H,13H2,1-5H3. The van der Waals surface area contributed by atoms with Gasteiger partial charge in [-0.2, -0.15) is 0 Å². The van der Waals surface area contributed by atoms with E-state index >= 15 is 0 Å². The molecule has 3 heteroatoms. The first-order valence-corrected chi connectivity index (χ1v) is 7.36. The molecule has 1 aromatic carbocycles. The van der Waals surface area contributed by atoms with E-state index in [-0.39, 0.29) is 5.54 Å². The number of aryl methyl sites for hydroxylation is 1. The van der Waals surface area contributed by atoms with Gasteiger partial charge in [-0.1, -0.05) is 18.2 Å². The summed E-state index contributed by atoms with van der Waals surface area (Å²) in [4.78, 5) is 6.86. The number of nitrogens with one attached hydrogen (secondary N) is 1. The van der Waals surface area contributed by atoms with E-state index in [4.69, 9.17) is 4.98 Å². The van der Waals surface area contributed by atoms with Crippen molar-refractivity contribution in [3.8, 4) is 0 Å². The Balaban J connectivity index is 2.17. The molecule has 0 saturated heterocycles. The molecule has 1 N–H and O–H groups in total. The summed E-state index contributed by atoms with van der Waals surface area (Å²) in [7, 11) is 2.05. The number of anilines is 2. The van der Waals surface area contributed by atoms with E-state index in [9.17, 15) is 0 Å². The van der Waals surface area contributed by atoms with Crippen LogP contribution in [0.2, 0.25) is 0 Å². The quantitative estimate of drug-likeness (QED) is 0.917. The van der Waals surface area contributed by atoms with Crippen molar-refractivity contribution in [3.05, 3.63) is 53.7 Å². The Kier molecular flexibility index (Phi) is 4.63. The molecule has 0 aliphatic carbocycles. The van der Waals surface area contributed by atoms with E-state index in [1.165, 1.54) is 5.56 Å². The number of hydrogen-bond donors (Lipinski definition) is 1. The molecule has 0 radical (unpaired) electrons. The Bertz CT molecular complexity index is 599. The highest BCUT2D eigenvalue weighted by Crippen LogP contribution is 2.22. The number of rotatable bonds is 4. The van der Waals surface area contributed by atoms with Crippen LogP contribution in [0, 0.1) is 6.92 Å². The van der Waals surface area contributed by atoms with Crippen LogP contribution in [0.25, 0.3) is 0 Å². The molecule has 0 atom stereocenters. The highest BCUT2D eigenvalue weighted by Gasteiger charge is 2.10. The highest BCUT2D eigenvalue weighted by molar-refractivity contribution is 5.59. The Morgan fingerprint density at radius 1 is 1.10 bits per heavy atom. The highest BCUT2D eigenvalue weighted by atomic mass is 15.2. The van der Waals surface area contributed by atoms with E-state index in [1.807, 2.05) is 6.07 Å². The Hall–Kier alpha value is -1.87. The zero-order chi connectivity index (χ0) is 15.5. The van der Waals surface area contributed by atoms with Gasteiger partial charge in [0.15, 0.2) is 0 Å². The van der Waals surface area contributed by atoms with Gasteiger partial charge in [0.2, 0.25) is 0 Å². The summed E-state index contributed by atoms with van der Waals surface area (Å²) in [6.45, 7) is 9.37. The summed E-state index contributed by atoms with van der Waals surface area (Å²) in [5, 5.41) is 3.47. The van der Waals surface area contributed by atoms with Crippen molar-refractivity contribution in [2.24, 2.45) is 0 Å². The van der Waals surface area contributed by atoms with Crippen molar-refractivity contribution in [3.63, 3.8) is 0 Å². The topological polar surface area (TPSA) is 28.2 Å². The molecule has 2 rings (SSSR count). The number of aromatic nitrogens is 1. The van der Waals surface area contributed by atoms with Gasteiger partial charge >= 0.3 is 0 Å². The maximum atomic E-state index is 4.75. The van der Waals surface area contributed by atoms with Gasteiger partial charge in [0.05, 0.1) is 5.69 Å². The Morgan fingerprint density at radius 2 is 1.81 bits per heavy atom. The molecule has 2 aromatic rings. The lowest BCUT2D eigenvalue weighted by Crippen LogP contribution is -2.35. The van der Waals surface area contributed by atoms with Crippen LogP contribution < -0.4 is 10.2 Å². The molecule has 0 aliphatic heterocycles. The minimum absolute atomic E-state index is 0.0973. The lowest BCUT2D eigenvalue weighted by atomic mass is 10.1. The first-order chi connectivity index (χ1) is 9.85. The van der Waals surface area contributed by atoms with Gasteiger partial charge < -0.3 is 10.2 Å². The first kappa shape index (κ1) is 15.5. The zero-order valence-electron chi connectivity index (χ0n) is 13.6. The molecule has 1 aromatic heterocycles. The summed E-state index contributed by atoms with van der Waals surface area (Å²) >= 11 is 0. The third kappa shape index (κ3) is 4.57. The molecule has 0 aliphatic rings. The predicted octanol–water partition coefficient (Wildman–Crippen LogP) is 4.05. The van der Waals surface area contributed by atoms with Crippen LogP contribution >= 0.6 is 0 Å². The van der Waals surface area contributed by atoms with Gasteiger partial charge in [0.25, 0.3) is 0 Å². The fourth-order valence-electron chi connectivity index (χ4n) is 2.08. The van der Waals surface area contributed by atoms with Gasteiger partial charge in [0.1, 0.15) is 5.82 Å². The normalized spacial score (nSPS) is 11.5. The summed E-state index contributed by atoms with van der Waals surface area (Å²) in [6, 6.07) is 14.6. The predicted molar refractivity (Wildman–Crippen MR) is 90.1 cm³/mol. The number of pyridine rings is 1. The minimum Gasteiger partial charge on any atom is -0.329 e. The van der Waals surface area contributed by atoms with Crippen molar-refractivity contribution in [1.82, 2.24) is 10.3 Å². The van der Waals surface area contributed by atoms with Crippen molar-refractivity contribution in [2.45, 2.75) is 39.8 Å². The van der Waals surface area contributed by atoms with Crippen molar-refractivity contribution < 1.29 is 0 Å². The fourth-order valence-corrected chi connectivity index (χ4v) is 2.08. The number of hydrogen-bond acceptors (Lipinski definition) is 3. The fraction of sp³-hybridized carbons (Fsp3) is 0.389. The van der Waals surface area contributed by atoms with Gasteiger partial charge in [-0.05, 0) is 57.5 Å². The Morgan fingerprint density at radius 3 is 2.48 bits per heavy atom. The largest absolute Gasteiger partial charge is 0.329 e. The van der Waals surface area contributed by atoms with Crippen LogP contribution in [0.3, 0.4) is 0 Å². The van der Waals surface area contributed by atoms with E-state index < -0.39 is 0 Å². The zero-order valence-corrected chi connectivity index (χ0v) is 13.6. The molecule has 0 unspecified atom stereocenters. The second kappa shape index (κ2) is 6.27. The molecule has 3 nitrogen and oxygen atoms in total. The SMILES string of the molecule is Cc1cccc(N(C)c2cccc(CNC(C)(C)C)n2)c1. The molecule has 0 bridgehead atoms. The van der Waals surface area contributed by atoms with Crippen molar-refractivity contribution >= 4 is 11.5 Å². The molecular formula is C18H25N3. The average Bonchev–Trinajstić information content (AvgIpc) is 2.44. The molecule has 112 valence electrons. The average molecular weight is 283 g/mol. The molecule has 21 heavy (non-hydrogen) atoms. The Labute approximate surface area is 128 Å². The second-order valence-electron chi connectivity index (χ2n) is 6.49. The minimum atomic E-state index is 0.0973. The summed E-state index contributed by atoms with van der Waals surface area (Å²) in [6.07, 6.45) is 0. The van der Waals surface area contributed by atoms with Gasteiger partial charge in [-0.25, -0.2) is 4.98 Å². The lowest BCUT2D eigenvalue weighted by molar-refractivity contribution is 0.421. The van der Waals surface area contributed by atoms with Crippen LogP contribution in [0.15, 0.2) is 42.5 Å². The third-order valence-electron chi connectivity index (χ3n) is 3.32. The van der Waals surface area contributed by atoms with Gasteiger partial charge in [-0.3, -0.25) is 0 Å². The maximum absolute atomic E-state index is 4.75. The number of nitrogens with zero attached hydrogens (tertiary/aromatic N) is 2. The molecular weight excluding hydrogens is 258 g/mol. The van der Waals surface area contributed by atoms with E-state index in [0.717, 1.165) is 23.7 Å². The first-order valence-electron chi connectivity index (χ1n) is 7.36. The van der Waals surface area contributed by atoms with Crippen LogP contribution in [0.5, 0.6) is 0 Å². The molecule has 0 saturated carbocycles. The second-order valence-corrected chi connectivity index (χ2v) is 6.49. The smallest absolute Gasteiger partial charge is 0.133 e. The molecule has 0 amide bonds. The summed E-state index contributed by atoms with van der Waals surface area (Å²) < 4.78 is 0. The van der Waals surface area contributed by atoms with Crippen molar-refractivity contribution in [2.75, 3.05) is 11.9 Å². The van der Waals surface area contributed by atoms with Crippen molar-refractivity contribution in [1.29, 1.82) is 0 Å². The van der Waals surface area contributed by atoms with Gasteiger partial charge in [-0.15, -0.1) is 0 Å². The third-order valence-corrected chi connectivity index (χ3v) is 3.32. The van der Waals surface area contributed by atoms with Crippen LogP contribution in [-0.4, -0.2) is 17.6 Å². The van der Waals surface area contributed by atoms with E-state index in [2.05, 4.69) is 81.4 Å². The van der Waals surface area contributed by atoms with Crippen LogP contribution in [-0.2, 0) is 6.54 Å². The molecule has 0 fully saturated rings. The molecule has 1 heterocycles. The molecule has 0 spiro atoms. The van der Waals surface area contributed by atoms with Crippen LogP contribution in [0.1, 0.15) is 32.0 Å². The summed E-state index contributed by atoms with van der Waals surface area (Å²) in [5.74, 6) is 0.966. The van der Waals surface area contributed by atoms with E-state index in [0.29, 0.717) is 0 Å². The maximum Gasteiger partial charge on any atom is 0.133 e. The lowest BCUT2D eigenvalue weighted by Gasteiger charge is -2.22. The monoisotopic (exact) mass is 283 g/mol. The van der Waals surface area contributed by atoms with E-state index in [1.54, 1.807) is 0 Å². The summed E-state index contributed by atoms with van der Waals surface area (Å²) in [5.41, 5.74) is 3.57. The van der Waals surface area contributed by atoms with Gasteiger partial charge in [0, 0.05) is 24.8 Å². The van der Waals surface area contributed by atoms with Crippen LogP contribution in [0.4, 0.5) is 11.5 Å².